The predicted molar refractivity (Wildman–Crippen MR) is 120 cm³/mol. The van der Waals surface area contributed by atoms with E-state index in [1.165, 1.54) is 24.4 Å². The molecule has 0 fully saturated rings. The molecule has 1 aromatic heterocycles. The van der Waals surface area contributed by atoms with E-state index < -0.39 is 65.3 Å². The fourth-order valence-corrected chi connectivity index (χ4v) is 4.18. The van der Waals surface area contributed by atoms with Gasteiger partial charge in [-0.3, -0.25) is 14.2 Å². The predicted octanol–water partition coefficient (Wildman–Crippen LogP) is 7.07. The van der Waals surface area contributed by atoms with Crippen molar-refractivity contribution in [3.8, 4) is 0 Å². The molecule has 1 heterocycles. The number of aromatic nitrogens is 1. The molecule has 36 heavy (non-hydrogen) atoms. The summed E-state index contributed by atoms with van der Waals surface area (Å²) in [6, 6.07) is 7.85. The SMILES string of the molecule is O=C(CC(F)(F)F)NCC(=O)n1ccc2cc(CCC(c3cc(Cl)c(F)c(Cl)c3)C(F)(F)F)ccc21. The number of fused-ring (bicyclic) bond motifs is 1. The van der Waals surface area contributed by atoms with Crippen molar-refractivity contribution in [3.63, 3.8) is 0 Å². The van der Waals surface area contributed by atoms with Crippen molar-refractivity contribution in [2.24, 2.45) is 0 Å². The number of nitrogens with one attached hydrogen (secondary N) is 1. The van der Waals surface area contributed by atoms with Gasteiger partial charge in [0.05, 0.1) is 28.0 Å². The summed E-state index contributed by atoms with van der Waals surface area (Å²) in [5.74, 6) is -5.02. The molecule has 0 aliphatic heterocycles. The van der Waals surface area contributed by atoms with Gasteiger partial charge < -0.3 is 5.32 Å². The molecule has 0 bridgehead atoms. The summed E-state index contributed by atoms with van der Waals surface area (Å²) < 4.78 is 92.6. The second-order valence-corrected chi connectivity index (χ2v) is 8.79. The number of amides is 1. The van der Waals surface area contributed by atoms with Crippen molar-refractivity contribution < 1.29 is 40.3 Å². The molecule has 3 aromatic rings. The highest BCUT2D eigenvalue weighted by molar-refractivity contribution is 6.35. The van der Waals surface area contributed by atoms with E-state index in [-0.39, 0.29) is 12.0 Å². The second-order valence-electron chi connectivity index (χ2n) is 7.97. The van der Waals surface area contributed by atoms with Crippen molar-refractivity contribution in [2.45, 2.75) is 37.5 Å². The summed E-state index contributed by atoms with van der Waals surface area (Å²) in [5.41, 5.74) is 0.599. The number of alkyl halides is 6. The number of rotatable bonds is 7. The first kappa shape index (κ1) is 27.8. The lowest BCUT2D eigenvalue weighted by Gasteiger charge is -2.21. The van der Waals surface area contributed by atoms with E-state index >= 15 is 0 Å². The molecule has 1 N–H and O–H groups in total. The molecule has 1 atom stereocenters. The summed E-state index contributed by atoms with van der Waals surface area (Å²) in [6.45, 7) is -0.670. The standard InChI is InChI=1S/C23H17Cl2F7N2O2/c24-16-8-14(9-17(25)21(16)26)15(23(30,31)32)3-1-12-2-4-18-13(7-12)5-6-34(18)20(36)11-33-19(35)10-22(27,28)29/h2,4-9,15H,1,3,10-11H2,(H,33,35). The first-order valence-electron chi connectivity index (χ1n) is 10.3. The average molecular weight is 557 g/mol. The topological polar surface area (TPSA) is 51.1 Å². The number of aryl methyl sites for hydroxylation is 1. The summed E-state index contributed by atoms with van der Waals surface area (Å²) in [4.78, 5) is 23.6. The molecule has 1 unspecified atom stereocenters. The number of carbonyl (C=O) groups is 2. The van der Waals surface area contributed by atoms with Crippen LogP contribution in [0.15, 0.2) is 42.6 Å². The molecule has 3 rings (SSSR count). The molecule has 1 amide bonds. The Morgan fingerprint density at radius 3 is 2.19 bits per heavy atom. The van der Waals surface area contributed by atoms with Crippen LogP contribution in [0.2, 0.25) is 10.0 Å². The zero-order valence-electron chi connectivity index (χ0n) is 18.1. The van der Waals surface area contributed by atoms with Gasteiger partial charge in [-0.1, -0.05) is 29.3 Å². The molecule has 0 saturated carbocycles. The Kier molecular flexibility index (Phi) is 8.24. The number of halogens is 9. The number of carbonyl (C=O) groups excluding carboxylic acids is 2. The van der Waals surface area contributed by atoms with Gasteiger partial charge in [-0.2, -0.15) is 26.3 Å². The van der Waals surface area contributed by atoms with Gasteiger partial charge in [-0.15, -0.1) is 0 Å². The maximum absolute atomic E-state index is 13.7. The Morgan fingerprint density at radius 1 is 0.972 bits per heavy atom. The quantitative estimate of drug-likeness (QED) is 0.250. The lowest BCUT2D eigenvalue weighted by molar-refractivity contribution is -0.154. The van der Waals surface area contributed by atoms with E-state index in [9.17, 15) is 40.3 Å². The minimum absolute atomic E-state index is 0.0284. The molecular weight excluding hydrogens is 540 g/mol. The molecule has 0 spiro atoms. The lowest BCUT2D eigenvalue weighted by atomic mass is 9.91. The fourth-order valence-electron chi connectivity index (χ4n) is 3.68. The third-order valence-corrected chi connectivity index (χ3v) is 5.90. The van der Waals surface area contributed by atoms with E-state index in [0.29, 0.717) is 16.5 Å². The third kappa shape index (κ3) is 6.91. The maximum atomic E-state index is 13.7. The van der Waals surface area contributed by atoms with Crippen LogP contribution in [-0.2, 0) is 11.2 Å². The van der Waals surface area contributed by atoms with Gasteiger partial charge in [-0.05, 0) is 54.3 Å². The monoisotopic (exact) mass is 556 g/mol. The van der Waals surface area contributed by atoms with Crippen LogP contribution in [0, 0.1) is 5.82 Å². The number of nitrogens with zero attached hydrogens (tertiary/aromatic N) is 1. The molecular formula is C23H17Cl2F7N2O2. The Labute approximate surface area is 210 Å². The highest BCUT2D eigenvalue weighted by atomic mass is 35.5. The molecule has 2 aromatic carbocycles. The van der Waals surface area contributed by atoms with Crippen LogP contribution in [0.25, 0.3) is 10.9 Å². The van der Waals surface area contributed by atoms with Gasteiger partial charge in [0.25, 0.3) is 0 Å². The van der Waals surface area contributed by atoms with Crippen LogP contribution in [0.3, 0.4) is 0 Å². The van der Waals surface area contributed by atoms with Crippen LogP contribution >= 0.6 is 23.2 Å². The average Bonchev–Trinajstić information content (AvgIpc) is 3.17. The van der Waals surface area contributed by atoms with Gasteiger partial charge in [0.2, 0.25) is 11.8 Å². The second kappa shape index (κ2) is 10.7. The first-order valence-corrected chi connectivity index (χ1v) is 11.1. The lowest BCUT2D eigenvalue weighted by Crippen LogP contribution is -2.34. The summed E-state index contributed by atoms with van der Waals surface area (Å²) in [7, 11) is 0. The van der Waals surface area contributed by atoms with Crippen LogP contribution in [0.1, 0.15) is 34.7 Å². The summed E-state index contributed by atoms with van der Waals surface area (Å²) in [6.07, 6.45) is -10.2. The molecule has 13 heteroatoms. The van der Waals surface area contributed by atoms with E-state index in [1.807, 2.05) is 5.32 Å². The van der Waals surface area contributed by atoms with E-state index in [1.54, 1.807) is 6.07 Å². The third-order valence-electron chi connectivity index (χ3n) is 5.35. The van der Waals surface area contributed by atoms with Crippen LogP contribution in [0.4, 0.5) is 30.7 Å². The summed E-state index contributed by atoms with van der Waals surface area (Å²) in [5, 5.41) is 1.36. The maximum Gasteiger partial charge on any atom is 0.397 e. The zero-order valence-corrected chi connectivity index (χ0v) is 19.6. The molecule has 0 saturated heterocycles. The van der Waals surface area contributed by atoms with Gasteiger partial charge in [-0.25, -0.2) is 4.39 Å². The van der Waals surface area contributed by atoms with Crippen LogP contribution in [0.5, 0.6) is 0 Å². The Hall–Kier alpha value is -2.79. The minimum Gasteiger partial charge on any atom is -0.347 e. The van der Waals surface area contributed by atoms with E-state index in [4.69, 9.17) is 23.2 Å². The smallest absolute Gasteiger partial charge is 0.347 e. The summed E-state index contributed by atoms with van der Waals surface area (Å²) >= 11 is 11.3. The number of hydrogen-bond acceptors (Lipinski definition) is 2. The number of hydrogen-bond donors (Lipinski definition) is 1. The van der Waals surface area contributed by atoms with Crippen molar-refractivity contribution >= 4 is 45.9 Å². The van der Waals surface area contributed by atoms with Crippen molar-refractivity contribution in [1.82, 2.24) is 9.88 Å². The molecule has 194 valence electrons. The molecule has 0 aliphatic rings. The van der Waals surface area contributed by atoms with Gasteiger partial charge in [0.15, 0.2) is 5.82 Å². The van der Waals surface area contributed by atoms with Crippen molar-refractivity contribution in [1.29, 1.82) is 0 Å². The van der Waals surface area contributed by atoms with Gasteiger partial charge in [0.1, 0.15) is 6.42 Å². The number of benzene rings is 2. The first-order chi connectivity index (χ1) is 16.7. The van der Waals surface area contributed by atoms with Gasteiger partial charge in [0, 0.05) is 11.6 Å². The fraction of sp³-hybridized carbons (Fsp3) is 0.304. The largest absolute Gasteiger partial charge is 0.397 e. The zero-order chi connectivity index (χ0) is 26.8. The Balaban J connectivity index is 1.73. The Bertz CT molecular complexity index is 1260. The highest BCUT2D eigenvalue weighted by Gasteiger charge is 2.40. The highest BCUT2D eigenvalue weighted by Crippen LogP contribution is 2.41. The Morgan fingerprint density at radius 2 is 1.61 bits per heavy atom. The molecule has 4 nitrogen and oxygen atoms in total. The van der Waals surface area contributed by atoms with Gasteiger partial charge >= 0.3 is 12.4 Å². The van der Waals surface area contributed by atoms with E-state index in [2.05, 4.69) is 0 Å². The minimum atomic E-state index is -4.70. The van der Waals surface area contributed by atoms with Crippen LogP contribution < -0.4 is 5.32 Å². The normalized spacial score (nSPS) is 13.1. The molecule has 0 aliphatic carbocycles. The van der Waals surface area contributed by atoms with Crippen molar-refractivity contribution in [3.05, 3.63) is 69.6 Å². The molecule has 0 radical (unpaired) electrons. The van der Waals surface area contributed by atoms with Crippen LogP contribution in [-0.4, -0.2) is 35.3 Å². The van der Waals surface area contributed by atoms with E-state index in [0.717, 1.165) is 16.7 Å². The van der Waals surface area contributed by atoms with Crippen molar-refractivity contribution in [2.75, 3.05) is 6.54 Å².